The normalized spacial score (nSPS) is 29.5. The highest BCUT2D eigenvalue weighted by Gasteiger charge is 2.34. The van der Waals surface area contributed by atoms with Crippen molar-refractivity contribution in [3.05, 3.63) is 33.1 Å². The van der Waals surface area contributed by atoms with Crippen LogP contribution < -0.4 is 11.2 Å². The first-order valence-corrected chi connectivity index (χ1v) is 5.39. The summed E-state index contributed by atoms with van der Waals surface area (Å²) in [5.41, 5.74) is -0.983. The van der Waals surface area contributed by atoms with E-state index in [1.165, 1.54) is 16.8 Å². The molecule has 0 saturated carbocycles. The van der Waals surface area contributed by atoms with Gasteiger partial charge in [-0.15, -0.1) is 0 Å². The molecule has 1 saturated heterocycles. The van der Waals surface area contributed by atoms with E-state index in [0.717, 1.165) is 0 Å². The summed E-state index contributed by atoms with van der Waals surface area (Å²) in [5.74, 6) is 0. The first-order chi connectivity index (χ1) is 7.61. The van der Waals surface area contributed by atoms with Gasteiger partial charge in [-0.1, -0.05) is 0 Å². The number of hydrogen-bond acceptors (Lipinski definition) is 5. The Labute approximate surface area is 96.3 Å². The van der Waals surface area contributed by atoms with E-state index in [1.807, 2.05) is 0 Å². The number of hydrogen-bond donors (Lipinski definition) is 3. The second-order valence-electron chi connectivity index (χ2n) is 3.65. The van der Waals surface area contributed by atoms with E-state index in [4.69, 9.17) is 9.84 Å². The Morgan fingerprint density at radius 1 is 1.62 bits per heavy atom. The van der Waals surface area contributed by atoms with Gasteiger partial charge < -0.3 is 9.84 Å². The van der Waals surface area contributed by atoms with Crippen LogP contribution in [-0.2, 0) is 4.74 Å². The van der Waals surface area contributed by atoms with Crippen molar-refractivity contribution in [3.63, 3.8) is 0 Å². The molecule has 2 rings (SSSR count). The molecule has 2 heterocycles. The van der Waals surface area contributed by atoms with Crippen molar-refractivity contribution in [3.8, 4) is 0 Å². The number of ether oxygens (including phenoxy) is 1. The molecule has 1 aliphatic heterocycles. The molecular weight excluding hydrogens is 232 g/mol. The first-order valence-electron chi connectivity index (χ1n) is 4.87. The number of aliphatic hydroxyl groups is 1. The molecule has 2 N–H and O–H groups in total. The topological polar surface area (TPSA) is 84.3 Å². The monoisotopic (exact) mass is 244 g/mol. The summed E-state index contributed by atoms with van der Waals surface area (Å²) in [6.07, 6.45) is 1.07. The quantitative estimate of drug-likeness (QED) is 0.590. The summed E-state index contributed by atoms with van der Waals surface area (Å²) in [6.45, 7) is -0.105. The smallest absolute Gasteiger partial charge is 0.330 e. The maximum absolute atomic E-state index is 11.5. The van der Waals surface area contributed by atoms with Crippen LogP contribution >= 0.6 is 12.6 Å². The summed E-state index contributed by atoms with van der Waals surface area (Å²) < 4.78 is 6.72. The molecule has 1 fully saturated rings. The van der Waals surface area contributed by atoms with Crippen LogP contribution in [0.5, 0.6) is 0 Å². The lowest BCUT2D eigenvalue weighted by molar-refractivity contribution is -0.0233. The molecule has 1 aromatic heterocycles. The minimum absolute atomic E-state index is 0.105. The number of thiol groups is 1. The van der Waals surface area contributed by atoms with Crippen molar-refractivity contribution in [2.75, 3.05) is 6.61 Å². The summed E-state index contributed by atoms with van der Waals surface area (Å²) in [7, 11) is 0. The van der Waals surface area contributed by atoms with E-state index in [9.17, 15) is 9.59 Å². The number of aliphatic hydroxyl groups excluding tert-OH is 1. The fourth-order valence-corrected chi connectivity index (χ4v) is 2.17. The molecule has 16 heavy (non-hydrogen) atoms. The van der Waals surface area contributed by atoms with Crippen LogP contribution in [0.4, 0.5) is 0 Å². The average Bonchev–Trinajstić information content (AvgIpc) is 2.60. The lowest BCUT2D eigenvalue weighted by Gasteiger charge is -2.16. The van der Waals surface area contributed by atoms with Crippen molar-refractivity contribution >= 4 is 12.6 Å². The van der Waals surface area contributed by atoms with Crippen molar-refractivity contribution < 1.29 is 9.84 Å². The molecule has 0 amide bonds. The highest BCUT2D eigenvalue weighted by molar-refractivity contribution is 7.81. The molecule has 3 atom stereocenters. The van der Waals surface area contributed by atoms with Crippen molar-refractivity contribution in [2.45, 2.75) is 24.0 Å². The van der Waals surface area contributed by atoms with E-state index < -0.39 is 17.5 Å². The molecule has 0 aromatic carbocycles. The van der Waals surface area contributed by atoms with Crippen LogP contribution in [0.1, 0.15) is 12.6 Å². The predicted octanol–water partition coefficient (Wildman–Crippen LogP) is -0.885. The zero-order valence-corrected chi connectivity index (χ0v) is 9.26. The molecule has 1 unspecified atom stereocenters. The largest absolute Gasteiger partial charge is 0.394 e. The summed E-state index contributed by atoms with van der Waals surface area (Å²) in [5, 5.41) is 8.78. The lowest BCUT2D eigenvalue weighted by atomic mass is 10.2. The minimum atomic E-state index is -0.551. The van der Waals surface area contributed by atoms with E-state index in [2.05, 4.69) is 17.6 Å². The second-order valence-corrected chi connectivity index (χ2v) is 4.31. The van der Waals surface area contributed by atoms with Crippen LogP contribution in [0.3, 0.4) is 0 Å². The highest BCUT2D eigenvalue weighted by Crippen LogP contribution is 2.31. The van der Waals surface area contributed by atoms with Crippen molar-refractivity contribution in [1.82, 2.24) is 9.55 Å². The van der Waals surface area contributed by atoms with Crippen LogP contribution in [0.15, 0.2) is 21.9 Å². The fraction of sp³-hybridized carbons (Fsp3) is 0.556. The van der Waals surface area contributed by atoms with E-state index >= 15 is 0 Å². The number of nitrogens with zero attached hydrogens (tertiary/aromatic N) is 1. The van der Waals surface area contributed by atoms with Gasteiger partial charge in [-0.25, -0.2) is 4.79 Å². The molecule has 0 radical (unpaired) electrons. The van der Waals surface area contributed by atoms with Crippen molar-refractivity contribution in [1.29, 1.82) is 0 Å². The molecule has 0 bridgehead atoms. The summed E-state index contributed by atoms with van der Waals surface area (Å²) in [4.78, 5) is 24.5. The van der Waals surface area contributed by atoms with Gasteiger partial charge in [0.2, 0.25) is 0 Å². The maximum Gasteiger partial charge on any atom is 0.330 e. The zero-order chi connectivity index (χ0) is 11.7. The molecular formula is C9H12N2O4S. The summed E-state index contributed by atoms with van der Waals surface area (Å²) >= 11 is 4.30. The van der Waals surface area contributed by atoms with Crippen LogP contribution in [-0.4, -0.2) is 32.6 Å². The second kappa shape index (κ2) is 4.44. The number of rotatable bonds is 2. The SMILES string of the molecule is O=c1ccn([C@@H]2O[C@H](CO)CC2S)c(=O)[nH]1. The zero-order valence-electron chi connectivity index (χ0n) is 8.37. The number of H-pyrrole nitrogens is 1. The van der Waals surface area contributed by atoms with Gasteiger partial charge in [-0.2, -0.15) is 12.6 Å². The molecule has 1 aliphatic rings. The van der Waals surface area contributed by atoms with E-state index in [1.54, 1.807) is 0 Å². The fourth-order valence-electron chi connectivity index (χ4n) is 1.73. The maximum atomic E-state index is 11.5. The highest BCUT2D eigenvalue weighted by atomic mass is 32.1. The lowest BCUT2D eigenvalue weighted by Crippen LogP contribution is -2.33. The van der Waals surface area contributed by atoms with E-state index in [-0.39, 0.29) is 18.0 Å². The Kier molecular flexibility index (Phi) is 3.17. The van der Waals surface area contributed by atoms with E-state index in [0.29, 0.717) is 6.42 Å². The predicted molar refractivity (Wildman–Crippen MR) is 59.7 cm³/mol. The molecule has 6 nitrogen and oxygen atoms in total. The minimum Gasteiger partial charge on any atom is -0.394 e. The number of aromatic amines is 1. The Hall–Kier alpha value is -1.05. The first kappa shape index (κ1) is 11.4. The Balaban J connectivity index is 2.31. The molecule has 0 spiro atoms. The van der Waals surface area contributed by atoms with Gasteiger partial charge in [-0.05, 0) is 6.42 Å². The van der Waals surface area contributed by atoms with Gasteiger partial charge in [0.05, 0.1) is 12.7 Å². The average molecular weight is 244 g/mol. The molecule has 7 heteroatoms. The Morgan fingerprint density at radius 2 is 2.38 bits per heavy atom. The van der Waals surface area contributed by atoms with Crippen LogP contribution in [0, 0.1) is 0 Å². The number of aromatic nitrogens is 2. The third-order valence-electron chi connectivity index (χ3n) is 2.49. The molecule has 0 aliphatic carbocycles. The standard InChI is InChI=1S/C9H12N2O4S/c12-4-5-3-6(16)8(15-5)11-2-1-7(13)10-9(11)14/h1-2,5-6,8,12,16H,3-4H2,(H,10,13,14)/t5-,6?,8+/m0/s1. The summed E-state index contributed by atoms with van der Waals surface area (Å²) in [6, 6.07) is 1.25. The van der Waals surface area contributed by atoms with Gasteiger partial charge >= 0.3 is 5.69 Å². The van der Waals surface area contributed by atoms with Gasteiger partial charge in [0.1, 0.15) is 6.23 Å². The van der Waals surface area contributed by atoms with Gasteiger partial charge in [-0.3, -0.25) is 14.3 Å². The third-order valence-corrected chi connectivity index (χ3v) is 2.96. The van der Waals surface area contributed by atoms with Crippen LogP contribution in [0.2, 0.25) is 0 Å². The van der Waals surface area contributed by atoms with Gasteiger partial charge in [0.25, 0.3) is 5.56 Å². The van der Waals surface area contributed by atoms with Crippen molar-refractivity contribution in [2.24, 2.45) is 0 Å². The molecule has 1 aromatic rings. The number of nitrogens with one attached hydrogen (secondary N) is 1. The van der Waals surface area contributed by atoms with Crippen LogP contribution in [0.25, 0.3) is 0 Å². The van der Waals surface area contributed by atoms with Gasteiger partial charge in [0, 0.05) is 17.5 Å². The van der Waals surface area contributed by atoms with Gasteiger partial charge in [0.15, 0.2) is 0 Å². The molecule has 88 valence electrons. The Morgan fingerprint density at radius 3 is 2.94 bits per heavy atom. The Bertz CT molecular complexity index is 483. The third kappa shape index (κ3) is 2.06.